The van der Waals surface area contributed by atoms with Crippen molar-refractivity contribution in [3.05, 3.63) is 60.9 Å². The number of halogens is 2. The molecule has 0 radical (unpaired) electrons. The SMILES string of the molecule is Fc1ccc(-n2ncc3cnc(-n4cnc(F)c4)nc32)cc1. The number of hydrogen-bond donors (Lipinski definition) is 0. The summed E-state index contributed by atoms with van der Waals surface area (Å²) in [6, 6.07) is 5.88. The van der Waals surface area contributed by atoms with E-state index in [-0.39, 0.29) is 11.8 Å². The first kappa shape index (κ1) is 12.6. The Labute approximate surface area is 122 Å². The summed E-state index contributed by atoms with van der Waals surface area (Å²) in [5.74, 6) is -0.673. The van der Waals surface area contributed by atoms with Crippen molar-refractivity contribution in [2.75, 3.05) is 0 Å². The van der Waals surface area contributed by atoms with Gasteiger partial charge in [0.05, 0.1) is 23.5 Å². The van der Waals surface area contributed by atoms with Gasteiger partial charge in [0.25, 0.3) is 0 Å². The zero-order chi connectivity index (χ0) is 15.1. The minimum atomic E-state index is -0.615. The number of aromatic nitrogens is 6. The molecule has 4 rings (SSSR count). The predicted molar refractivity (Wildman–Crippen MR) is 73.7 cm³/mol. The van der Waals surface area contributed by atoms with Gasteiger partial charge in [-0.3, -0.25) is 4.57 Å². The molecule has 0 aliphatic carbocycles. The highest BCUT2D eigenvalue weighted by atomic mass is 19.1. The third kappa shape index (κ3) is 2.01. The maximum atomic E-state index is 13.0. The summed E-state index contributed by atoms with van der Waals surface area (Å²) < 4.78 is 29.0. The van der Waals surface area contributed by atoms with Crippen LogP contribution in [0.4, 0.5) is 8.78 Å². The summed E-state index contributed by atoms with van der Waals surface area (Å²) in [4.78, 5) is 12.0. The second-order valence-corrected chi connectivity index (χ2v) is 4.59. The average Bonchev–Trinajstić information content (AvgIpc) is 3.14. The fourth-order valence-electron chi connectivity index (χ4n) is 2.11. The van der Waals surface area contributed by atoms with Crippen LogP contribution in [0.25, 0.3) is 22.7 Å². The Hall–Kier alpha value is -3.16. The maximum Gasteiger partial charge on any atom is 0.237 e. The molecule has 0 atom stereocenters. The summed E-state index contributed by atoms with van der Waals surface area (Å²) in [5.41, 5.74) is 1.20. The number of hydrogen-bond acceptors (Lipinski definition) is 4. The molecular formula is C14H8F2N6. The van der Waals surface area contributed by atoms with Crippen molar-refractivity contribution < 1.29 is 8.78 Å². The van der Waals surface area contributed by atoms with Gasteiger partial charge in [0.2, 0.25) is 11.9 Å². The van der Waals surface area contributed by atoms with Crippen LogP contribution in [0.5, 0.6) is 0 Å². The molecule has 0 aliphatic heterocycles. The first-order chi connectivity index (χ1) is 10.7. The van der Waals surface area contributed by atoms with Gasteiger partial charge in [0.1, 0.15) is 12.1 Å². The van der Waals surface area contributed by atoms with Crippen LogP contribution in [-0.2, 0) is 0 Å². The minimum absolute atomic E-state index is 0.271. The molecule has 8 heteroatoms. The van der Waals surface area contributed by atoms with Gasteiger partial charge < -0.3 is 0 Å². The van der Waals surface area contributed by atoms with Crippen molar-refractivity contribution in [2.45, 2.75) is 0 Å². The summed E-state index contributed by atoms with van der Waals surface area (Å²) in [6.45, 7) is 0. The van der Waals surface area contributed by atoms with E-state index >= 15 is 0 Å². The molecule has 0 aliphatic rings. The van der Waals surface area contributed by atoms with Crippen LogP contribution in [0, 0.1) is 11.8 Å². The summed E-state index contributed by atoms with van der Waals surface area (Å²) in [7, 11) is 0. The van der Waals surface area contributed by atoms with Crippen LogP contribution in [0.15, 0.2) is 49.2 Å². The Kier molecular flexibility index (Phi) is 2.68. The van der Waals surface area contributed by atoms with Gasteiger partial charge >= 0.3 is 0 Å². The normalized spacial score (nSPS) is 11.2. The highest BCUT2D eigenvalue weighted by molar-refractivity contribution is 5.75. The number of imidazole rings is 1. The Morgan fingerprint density at radius 1 is 0.955 bits per heavy atom. The fraction of sp³-hybridized carbons (Fsp3) is 0. The quantitative estimate of drug-likeness (QED) is 0.569. The van der Waals surface area contributed by atoms with Gasteiger partial charge in [-0.15, -0.1) is 0 Å². The molecule has 0 amide bonds. The van der Waals surface area contributed by atoms with Crippen molar-refractivity contribution in [3.63, 3.8) is 0 Å². The molecule has 0 saturated heterocycles. The third-order valence-corrected chi connectivity index (χ3v) is 3.15. The van der Waals surface area contributed by atoms with E-state index in [1.54, 1.807) is 29.2 Å². The predicted octanol–water partition coefficient (Wildman–Crippen LogP) is 2.28. The average molecular weight is 298 g/mol. The highest BCUT2D eigenvalue weighted by Gasteiger charge is 2.10. The number of benzene rings is 1. The molecule has 6 nitrogen and oxygen atoms in total. The van der Waals surface area contributed by atoms with Crippen molar-refractivity contribution in [1.29, 1.82) is 0 Å². The lowest BCUT2D eigenvalue weighted by Gasteiger charge is -2.04. The monoisotopic (exact) mass is 298 g/mol. The molecule has 0 spiro atoms. The molecule has 108 valence electrons. The van der Waals surface area contributed by atoms with E-state index in [2.05, 4.69) is 20.1 Å². The Morgan fingerprint density at radius 2 is 1.77 bits per heavy atom. The van der Waals surface area contributed by atoms with Crippen molar-refractivity contribution in [3.8, 4) is 11.6 Å². The largest absolute Gasteiger partial charge is 0.271 e. The lowest BCUT2D eigenvalue weighted by molar-refractivity contribution is 0.589. The fourth-order valence-corrected chi connectivity index (χ4v) is 2.11. The van der Waals surface area contributed by atoms with Crippen LogP contribution in [-0.4, -0.2) is 29.3 Å². The van der Waals surface area contributed by atoms with Gasteiger partial charge in [0.15, 0.2) is 5.65 Å². The molecule has 0 saturated carbocycles. The van der Waals surface area contributed by atoms with E-state index in [0.717, 1.165) is 0 Å². The Bertz CT molecular complexity index is 957. The molecule has 22 heavy (non-hydrogen) atoms. The van der Waals surface area contributed by atoms with Crippen molar-refractivity contribution in [1.82, 2.24) is 29.3 Å². The number of rotatable bonds is 2. The molecule has 3 heterocycles. The minimum Gasteiger partial charge on any atom is -0.271 e. The zero-order valence-corrected chi connectivity index (χ0v) is 11.1. The van der Waals surface area contributed by atoms with E-state index in [1.807, 2.05) is 0 Å². The van der Waals surface area contributed by atoms with E-state index in [4.69, 9.17) is 0 Å². The first-order valence-electron chi connectivity index (χ1n) is 6.37. The molecule has 0 bridgehead atoms. The van der Waals surface area contributed by atoms with Gasteiger partial charge in [-0.05, 0) is 24.3 Å². The standard InChI is InChI=1S/C14H8F2N6/c15-10-1-3-11(4-2-10)22-13-9(6-19-22)5-17-14(20-13)21-7-12(16)18-8-21/h1-8H. The van der Waals surface area contributed by atoms with Crippen LogP contribution in [0.3, 0.4) is 0 Å². The van der Waals surface area contributed by atoms with E-state index in [0.29, 0.717) is 16.7 Å². The molecule has 0 unspecified atom stereocenters. The third-order valence-electron chi connectivity index (χ3n) is 3.15. The lowest BCUT2D eigenvalue weighted by Crippen LogP contribution is -2.02. The van der Waals surface area contributed by atoms with E-state index < -0.39 is 5.95 Å². The first-order valence-corrected chi connectivity index (χ1v) is 6.37. The van der Waals surface area contributed by atoms with E-state index in [1.165, 1.54) is 29.2 Å². The van der Waals surface area contributed by atoms with Crippen molar-refractivity contribution in [2.24, 2.45) is 0 Å². The molecule has 4 aromatic rings. The molecule has 1 aromatic carbocycles. The van der Waals surface area contributed by atoms with E-state index in [9.17, 15) is 8.78 Å². The smallest absolute Gasteiger partial charge is 0.237 e. The van der Waals surface area contributed by atoms with Crippen molar-refractivity contribution >= 4 is 11.0 Å². The summed E-state index contributed by atoms with van der Waals surface area (Å²) in [5, 5.41) is 4.94. The summed E-state index contributed by atoms with van der Waals surface area (Å²) >= 11 is 0. The van der Waals surface area contributed by atoms with Gasteiger partial charge in [-0.1, -0.05) is 0 Å². The number of nitrogens with zero attached hydrogens (tertiary/aromatic N) is 6. The van der Waals surface area contributed by atoms with Gasteiger partial charge in [-0.25, -0.2) is 19.0 Å². The molecular weight excluding hydrogens is 290 g/mol. The second kappa shape index (κ2) is 4.69. The van der Waals surface area contributed by atoms with Crippen LogP contribution < -0.4 is 0 Å². The Balaban J connectivity index is 1.88. The topological polar surface area (TPSA) is 61.4 Å². The van der Waals surface area contributed by atoms with Gasteiger partial charge in [-0.2, -0.15) is 14.5 Å². The molecule has 0 N–H and O–H groups in total. The lowest BCUT2D eigenvalue weighted by atomic mass is 10.3. The molecule has 3 aromatic heterocycles. The van der Waals surface area contributed by atoms with Crippen LogP contribution >= 0.6 is 0 Å². The molecule has 0 fully saturated rings. The van der Waals surface area contributed by atoms with Crippen LogP contribution in [0.2, 0.25) is 0 Å². The number of fused-ring (bicyclic) bond motifs is 1. The summed E-state index contributed by atoms with van der Waals surface area (Å²) in [6.07, 6.45) is 5.66. The zero-order valence-electron chi connectivity index (χ0n) is 11.1. The van der Waals surface area contributed by atoms with Crippen LogP contribution in [0.1, 0.15) is 0 Å². The van der Waals surface area contributed by atoms with Gasteiger partial charge in [0, 0.05) is 6.20 Å². The highest BCUT2D eigenvalue weighted by Crippen LogP contribution is 2.17. The second-order valence-electron chi connectivity index (χ2n) is 4.59. The Morgan fingerprint density at radius 3 is 2.50 bits per heavy atom. The maximum absolute atomic E-state index is 13.0.